The predicted octanol–water partition coefficient (Wildman–Crippen LogP) is 4.50. The van der Waals surface area contributed by atoms with E-state index >= 15 is 0 Å². The fourth-order valence-electron chi connectivity index (χ4n) is 3.47. The summed E-state index contributed by atoms with van der Waals surface area (Å²) in [6, 6.07) is 8.20. The molecule has 4 rings (SSSR count). The third-order valence-electron chi connectivity index (χ3n) is 4.71. The Labute approximate surface area is 162 Å². The van der Waals surface area contributed by atoms with E-state index in [1.165, 1.54) is 6.42 Å². The van der Waals surface area contributed by atoms with Crippen LogP contribution in [0.1, 0.15) is 25.1 Å². The average molecular weight is 498 g/mol. The molecule has 0 saturated carbocycles. The van der Waals surface area contributed by atoms with Crippen molar-refractivity contribution in [2.75, 3.05) is 0 Å². The normalized spacial score (nSPS) is 14.6. The van der Waals surface area contributed by atoms with Crippen LogP contribution in [0.4, 0.5) is 0 Å². The summed E-state index contributed by atoms with van der Waals surface area (Å²) >= 11 is 5.77. The zero-order valence-electron chi connectivity index (χ0n) is 13.4. The fraction of sp³-hybridized carbons (Fsp3) is 0.333. The molecule has 3 aromatic rings. The van der Waals surface area contributed by atoms with Crippen LogP contribution < -0.4 is 5.56 Å². The second kappa shape index (κ2) is 6.29. The molecule has 6 heteroatoms. The number of fused-ring (bicyclic) bond motifs is 2. The first-order chi connectivity index (χ1) is 11.6. The summed E-state index contributed by atoms with van der Waals surface area (Å²) in [5.41, 5.74) is 3.07. The summed E-state index contributed by atoms with van der Waals surface area (Å²) in [5, 5.41) is 0.752. The van der Waals surface area contributed by atoms with E-state index in [1.807, 2.05) is 23.7 Å². The molecule has 1 aliphatic rings. The molecule has 0 aliphatic carbocycles. The highest BCUT2D eigenvalue weighted by atomic mass is 127. The van der Waals surface area contributed by atoms with Crippen molar-refractivity contribution in [2.45, 2.75) is 32.2 Å². The number of aryl methyl sites for hydroxylation is 2. The van der Waals surface area contributed by atoms with Gasteiger partial charge in [0.2, 0.25) is 0 Å². The van der Waals surface area contributed by atoms with Gasteiger partial charge < -0.3 is 4.57 Å². The average Bonchev–Trinajstić information content (AvgIpc) is 2.73. The van der Waals surface area contributed by atoms with Gasteiger partial charge >= 0.3 is 0 Å². The highest BCUT2D eigenvalue weighted by Gasteiger charge is 2.22. The summed E-state index contributed by atoms with van der Waals surface area (Å²) < 4.78 is 5.99. The van der Waals surface area contributed by atoms with Gasteiger partial charge in [-0.25, -0.2) is 4.98 Å². The van der Waals surface area contributed by atoms with Crippen molar-refractivity contribution in [1.82, 2.24) is 14.1 Å². The molecule has 0 saturated heterocycles. The molecule has 0 radical (unpaired) electrons. The maximum Gasteiger partial charge on any atom is 0.264 e. The van der Waals surface area contributed by atoms with E-state index in [0.717, 1.165) is 62.0 Å². The number of nitrogens with zero attached hydrogens (tertiary/aromatic N) is 3. The second-order valence-electron chi connectivity index (χ2n) is 6.22. The Kier molecular flexibility index (Phi) is 4.28. The van der Waals surface area contributed by atoms with Crippen molar-refractivity contribution in [3.63, 3.8) is 0 Å². The number of hydrogen-bond acceptors (Lipinski definition) is 2. The molecule has 0 spiro atoms. The van der Waals surface area contributed by atoms with Crippen molar-refractivity contribution in [3.05, 3.63) is 48.5 Å². The van der Waals surface area contributed by atoms with Crippen LogP contribution in [0.15, 0.2) is 33.5 Å². The molecule has 124 valence electrons. The van der Waals surface area contributed by atoms with Crippen LogP contribution >= 0.6 is 38.5 Å². The quantitative estimate of drug-likeness (QED) is 0.464. The molecule has 0 N–H and O–H groups in total. The number of halogens is 2. The van der Waals surface area contributed by atoms with Crippen molar-refractivity contribution in [2.24, 2.45) is 7.05 Å². The van der Waals surface area contributed by atoms with Gasteiger partial charge in [-0.15, -0.1) is 0 Å². The highest BCUT2D eigenvalue weighted by Crippen LogP contribution is 2.32. The molecule has 24 heavy (non-hydrogen) atoms. The molecule has 0 bridgehead atoms. The van der Waals surface area contributed by atoms with Gasteiger partial charge in [0.05, 0.1) is 14.7 Å². The van der Waals surface area contributed by atoms with Gasteiger partial charge in [-0.2, -0.15) is 0 Å². The third kappa shape index (κ3) is 2.54. The lowest BCUT2D eigenvalue weighted by molar-refractivity contribution is 0.613. The van der Waals surface area contributed by atoms with E-state index < -0.39 is 0 Å². The zero-order valence-corrected chi connectivity index (χ0v) is 17.1. The molecular weight excluding hydrogens is 481 g/mol. The first kappa shape index (κ1) is 16.3. The molecule has 4 nitrogen and oxygen atoms in total. The van der Waals surface area contributed by atoms with Crippen LogP contribution in [-0.2, 0) is 20.0 Å². The van der Waals surface area contributed by atoms with Gasteiger partial charge in [0, 0.05) is 24.5 Å². The smallest absolute Gasteiger partial charge is 0.264 e. The minimum Gasteiger partial charge on any atom is -0.327 e. The molecule has 0 amide bonds. The van der Waals surface area contributed by atoms with E-state index in [0.29, 0.717) is 0 Å². The number of aromatic nitrogens is 3. The molecule has 0 atom stereocenters. The Morgan fingerprint density at radius 3 is 2.67 bits per heavy atom. The Morgan fingerprint density at radius 2 is 1.92 bits per heavy atom. The Balaban J connectivity index is 2.03. The highest BCUT2D eigenvalue weighted by molar-refractivity contribution is 14.1. The van der Waals surface area contributed by atoms with E-state index in [9.17, 15) is 4.79 Å². The molecule has 1 aromatic carbocycles. The maximum absolute atomic E-state index is 13.1. The Hall–Kier alpha value is -1.15. The first-order valence-corrected chi connectivity index (χ1v) is 9.98. The standard InChI is InChI=1S/C18H17BrIN3O/c1-22-16(11-6-8-12(19)9-7-11)15(20)14-17(22)21-13-5-3-2-4-10-23(13)18(14)24/h6-9H,2-5,10H2,1H3. The summed E-state index contributed by atoms with van der Waals surface area (Å²) in [7, 11) is 2.00. The minimum absolute atomic E-state index is 0.111. The zero-order chi connectivity index (χ0) is 16.8. The lowest BCUT2D eigenvalue weighted by Gasteiger charge is -2.09. The van der Waals surface area contributed by atoms with E-state index in [1.54, 1.807) is 0 Å². The minimum atomic E-state index is 0.111. The topological polar surface area (TPSA) is 39.8 Å². The van der Waals surface area contributed by atoms with Gasteiger partial charge in [-0.05, 0) is 53.1 Å². The fourth-order valence-corrected chi connectivity index (χ4v) is 4.88. The summed E-state index contributed by atoms with van der Waals surface area (Å²) in [5.74, 6) is 0.935. The number of hydrogen-bond donors (Lipinski definition) is 0. The summed E-state index contributed by atoms with van der Waals surface area (Å²) in [6.45, 7) is 0.787. The largest absolute Gasteiger partial charge is 0.327 e. The van der Waals surface area contributed by atoms with Crippen LogP contribution in [0.5, 0.6) is 0 Å². The number of benzene rings is 1. The monoisotopic (exact) mass is 497 g/mol. The van der Waals surface area contributed by atoms with E-state index in [4.69, 9.17) is 4.98 Å². The van der Waals surface area contributed by atoms with Crippen molar-refractivity contribution in [1.29, 1.82) is 0 Å². The number of rotatable bonds is 1. The lowest BCUT2D eigenvalue weighted by Crippen LogP contribution is -2.24. The molecule has 0 unspecified atom stereocenters. The van der Waals surface area contributed by atoms with Gasteiger partial charge in [-0.3, -0.25) is 9.36 Å². The van der Waals surface area contributed by atoms with Crippen LogP contribution in [0.3, 0.4) is 0 Å². The predicted molar refractivity (Wildman–Crippen MR) is 108 cm³/mol. The van der Waals surface area contributed by atoms with Crippen LogP contribution in [-0.4, -0.2) is 14.1 Å². The summed E-state index contributed by atoms with van der Waals surface area (Å²) in [4.78, 5) is 18.0. The molecule has 1 aliphatic heterocycles. The van der Waals surface area contributed by atoms with Gasteiger partial charge in [0.1, 0.15) is 11.5 Å². The molecular formula is C18H17BrIN3O. The van der Waals surface area contributed by atoms with Gasteiger partial charge in [-0.1, -0.05) is 34.5 Å². The van der Waals surface area contributed by atoms with Gasteiger partial charge in [0.15, 0.2) is 0 Å². The maximum atomic E-state index is 13.1. The van der Waals surface area contributed by atoms with E-state index in [-0.39, 0.29) is 5.56 Å². The molecule has 3 heterocycles. The van der Waals surface area contributed by atoms with Crippen molar-refractivity contribution >= 4 is 49.6 Å². The lowest BCUT2D eigenvalue weighted by atomic mass is 10.1. The van der Waals surface area contributed by atoms with Crippen molar-refractivity contribution < 1.29 is 0 Å². The van der Waals surface area contributed by atoms with Crippen LogP contribution in [0, 0.1) is 3.57 Å². The van der Waals surface area contributed by atoms with Crippen LogP contribution in [0.2, 0.25) is 0 Å². The third-order valence-corrected chi connectivity index (χ3v) is 6.29. The van der Waals surface area contributed by atoms with Gasteiger partial charge in [0.25, 0.3) is 5.56 Å². The first-order valence-electron chi connectivity index (χ1n) is 8.11. The molecule has 0 fully saturated rings. The molecule has 2 aromatic heterocycles. The van der Waals surface area contributed by atoms with E-state index in [2.05, 4.69) is 55.2 Å². The Morgan fingerprint density at radius 1 is 1.17 bits per heavy atom. The van der Waals surface area contributed by atoms with Crippen molar-refractivity contribution in [3.8, 4) is 11.3 Å². The second-order valence-corrected chi connectivity index (χ2v) is 8.22. The Bertz CT molecular complexity index is 988. The summed E-state index contributed by atoms with van der Waals surface area (Å²) in [6.07, 6.45) is 4.23. The van der Waals surface area contributed by atoms with Crippen LogP contribution in [0.25, 0.3) is 22.3 Å². The SMILES string of the molecule is Cn1c(-c2ccc(Br)cc2)c(I)c2c(=O)n3c(nc21)CCCCC3.